The molecular formula is C20H19NO5. The summed E-state index contributed by atoms with van der Waals surface area (Å²) in [5.41, 5.74) is 1.18. The van der Waals surface area contributed by atoms with Crippen LogP contribution in [-0.4, -0.2) is 32.3 Å². The van der Waals surface area contributed by atoms with E-state index in [1.165, 1.54) is 0 Å². The second kappa shape index (κ2) is 5.83. The third-order valence-corrected chi connectivity index (χ3v) is 5.08. The Morgan fingerprint density at radius 3 is 2.00 bits per heavy atom. The van der Waals surface area contributed by atoms with Crippen LogP contribution < -0.4 is 24.3 Å². The Morgan fingerprint density at radius 2 is 1.35 bits per heavy atom. The van der Waals surface area contributed by atoms with Crippen LogP contribution in [0.2, 0.25) is 0 Å². The maximum Gasteiger partial charge on any atom is 0.235 e. The first-order chi connectivity index (χ1) is 12.7. The zero-order valence-corrected chi connectivity index (χ0v) is 14.2. The predicted octanol–water partition coefficient (Wildman–Crippen LogP) is 2.90. The van der Waals surface area contributed by atoms with E-state index >= 15 is 0 Å². The Kier molecular flexibility index (Phi) is 3.45. The molecule has 134 valence electrons. The molecule has 2 aromatic rings. The summed E-state index contributed by atoms with van der Waals surface area (Å²) in [5.74, 6) is 2.82. The van der Waals surface area contributed by atoms with Crippen molar-refractivity contribution in [2.24, 2.45) is 0 Å². The number of carbonyl (C=O) groups excluding carboxylic acids is 1. The van der Waals surface area contributed by atoms with Crippen LogP contribution in [0.1, 0.15) is 18.4 Å². The molecule has 5 rings (SSSR count). The number of carbonyl (C=O) groups is 1. The van der Waals surface area contributed by atoms with Gasteiger partial charge in [0.25, 0.3) is 0 Å². The van der Waals surface area contributed by atoms with Gasteiger partial charge in [0, 0.05) is 11.8 Å². The molecule has 2 heterocycles. The van der Waals surface area contributed by atoms with E-state index < -0.39 is 5.41 Å². The van der Waals surface area contributed by atoms with Gasteiger partial charge >= 0.3 is 0 Å². The quantitative estimate of drug-likeness (QED) is 0.919. The number of benzene rings is 2. The second-order valence-corrected chi connectivity index (χ2v) is 6.75. The zero-order valence-electron chi connectivity index (χ0n) is 14.2. The fourth-order valence-corrected chi connectivity index (χ4v) is 3.48. The first kappa shape index (κ1) is 15.4. The van der Waals surface area contributed by atoms with E-state index in [4.69, 9.17) is 18.9 Å². The van der Waals surface area contributed by atoms with Gasteiger partial charge in [0.15, 0.2) is 23.0 Å². The Hall–Kier alpha value is -2.89. The lowest BCUT2D eigenvalue weighted by Crippen LogP contribution is -2.28. The highest BCUT2D eigenvalue weighted by Gasteiger charge is 2.51. The summed E-state index contributed by atoms with van der Waals surface area (Å²) in [6, 6.07) is 11.3. The number of rotatable bonds is 3. The summed E-state index contributed by atoms with van der Waals surface area (Å²) >= 11 is 0. The monoisotopic (exact) mass is 353 g/mol. The van der Waals surface area contributed by atoms with Gasteiger partial charge < -0.3 is 24.3 Å². The van der Waals surface area contributed by atoms with Crippen molar-refractivity contribution in [2.75, 3.05) is 31.7 Å². The van der Waals surface area contributed by atoms with Crippen molar-refractivity contribution in [3.05, 3.63) is 42.0 Å². The highest BCUT2D eigenvalue weighted by atomic mass is 16.6. The topological polar surface area (TPSA) is 66.0 Å². The molecule has 2 aromatic carbocycles. The average Bonchev–Trinajstić information content (AvgIpc) is 3.50. The Morgan fingerprint density at radius 1 is 0.769 bits per heavy atom. The molecule has 0 spiro atoms. The first-order valence-corrected chi connectivity index (χ1v) is 8.86. The molecule has 3 aliphatic rings. The maximum absolute atomic E-state index is 13.0. The number of amides is 1. The Bertz CT molecular complexity index is 875. The lowest BCUT2D eigenvalue weighted by Gasteiger charge is -2.22. The lowest BCUT2D eigenvalue weighted by molar-refractivity contribution is -0.118. The summed E-state index contributed by atoms with van der Waals surface area (Å²) in [6.45, 7) is 2.16. The van der Waals surface area contributed by atoms with Crippen LogP contribution >= 0.6 is 0 Å². The molecule has 2 aliphatic heterocycles. The van der Waals surface area contributed by atoms with Gasteiger partial charge in [0.05, 0.1) is 5.41 Å². The van der Waals surface area contributed by atoms with Gasteiger partial charge in [0.2, 0.25) is 5.91 Å². The smallest absolute Gasteiger partial charge is 0.235 e. The molecule has 1 fully saturated rings. The molecular weight excluding hydrogens is 334 g/mol. The first-order valence-electron chi connectivity index (χ1n) is 8.86. The van der Waals surface area contributed by atoms with E-state index in [9.17, 15) is 4.79 Å². The number of hydrogen-bond acceptors (Lipinski definition) is 5. The summed E-state index contributed by atoms with van der Waals surface area (Å²) < 4.78 is 22.3. The zero-order chi connectivity index (χ0) is 17.6. The minimum Gasteiger partial charge on any atom is -0.486 e. The molecule has 1 saturated carbocycles. The molecule has 0 saturated heterocycles. The van der Waals surface area contributed by atoms with Crippen LogP contribution in [0.25, 0.3) is 0 Å². The molecule has 1 aliphatic carbocycles. The SMILES string of the molecule is O=C(Nc1ccc2c(c1)OCCO2)C1(c2ccc3c(c2)OCCO3)CC1. The molecule has 6 heteroatoms. The third kappa shape index (κ3) is 2.53. The van der Waals surface area contributed by atoms with Gasteiger partial charge in [-0.05, 0) is 42.7 Å². The van der Waals surface area contributed by atoms with Gasteiger partial charge in [-0.1, -0.05) is 6.07 Å². The largest absolute Gasteiger partial charge is 0.486 e. The Labute approximate surface area is 151 Å². The highest BCUT2D eigenvalue weighted by Crippen LogP contribution is 2.51. The van der Waals surface area contributed by atoms with Crippen molar-refractivity contribution in [1.29, 1.82) is 0 Å². The van der Waals surface area contributed by atoms with Crippen molar-refractivity contribution in [3.8, 4) is 23.0 Å². The van der Waals surface area contributed by atoms with Crippen LogP contribution in [0, 0.1) is 0 Å². The van der Waals surface area contributed by atoms with Crippen molar-refractivity contribution in [2.45, 2.75) is 18.3 Å². The minimum absolute atomic E-state index is 0.00847. The number of hydrogen-bond donors (Lipinski definition) is 1. The van der Waals surface area contributed by atoms with E-state index in [2.05, 4.69) is 5.32 Å². The fourth-order valence-electron chi connectivity index (χ4n) is 3.48. The fraction of sp³-hybridized carbons (Fsp3) is 0.350. The van der Waals surface area contributed by atoms with Crippen molar-refractivity contribution >= 4 is 11.6 Å². The van der Waals surface area contributed by atoms with Gasteiger partial charge in [0.1, 0.15) is 26.4 Å². The van der Waals surface area contributed by atoms with Crippen LogP contribution in [0.5, 0.6) is 23.0 Å². The van der Waals surface area contributed by atoms with Crippen LogP contribution in [0.15, 0.2) is 36.4 Å². The average molecular weight is 353 g/mol. The standard InChI is InChI=1S/C20H19NO5/c22-19(21-14-2-4-16-18(12-14)26-10-8-24-16)20(5-6-20)13-1-3-15-17(11-13)25-9-7-23-15/h1-4,11-12H,5-10H2,(H,21,22). The maximum atomic E-state index is 13.0. The van der Waals surface area contributed by atoms with E-state index in [0.717, 1.165) is 24.2 Å². The van der Waals surface area contributed by atoms with E-state index in [1.807, 2.05) is 36.4 Å². The van der Waals surface area contributed by atoms with E-state index in [0.29, 0.717) is 49.4 Å². The number of fused-ring (bicyclic) bond motifs is 2. The molecule has 0 radical (unpaired) electrons. The summed E-state index contributed by atoms with van der Waals surface area (Å²) in [7, 11) is 0. The number of ether oxygens (including phenoxy) is 4. The minimum atomic E-state index is -0.497. The van der Waals surface area contributed by atoms with Crippen molar-refractivity contribution < 1.29 is 23.7 Å². The predicted molar refractivity (Wildman–Crippen MR) is 94.4 cm³/mol. The van der Waals surface area contributed by atoms with Gasteiger partial charge in [-0.15, -0.1) is 0 Å². The van der Waals surface area contributed by atoms with Crippen LogP contribution in [0.3, 0.4) is 0 Å². The molecule has 1 N–H and O–H groups in total. The van der Waals surface area contributed by atoms with Crippen LogP contribution in [0.4, 0.5) is 5.69 Å². The van der Waals surface area contributed by atoms with Gasteiger partial charge in [-0.3, -0.25) is 4.79 Å². The van der Waals surface area contributed by atoms with Crippen LogP contribution in [-0.2, 0) is 10.2 Å². The molecule has 0 bridgehead atoms. The third-order valence-electron chi connectivity index (χ3n) is 5.08. The molecule has 1 amide bonds. The number of anilines is 1. The second-order valence-electron chi connectivity index (χ2n) is 6.75. The molecule has 0 unspecified atom stereocenters. The molecule has 6 nitrogen and oxygen atoms in total. The summed E-state index contributed by atoms with van der Waals surface area (Å²) in [5, 5.41) is 3.03. The molecule has 0 aromatic heterocycles. The normalized spacial score (nSPS) is 18.8. The van der Waals surface area contributed by atoms with Gasteiger partial charge in [-0.25, -0.2) is 0 Å². The van der Waals surface area contributed by atoms with Crippen molar-refractivity contribution in [1.82, 2.24) is 0 Å². The van der Waals surface area contributed by atoms with E-state index in [1.54, 1.807) is 0 Å². The van der Waals surface area contributed by atoms with Gasteiger partial charge in [-0.2, -0.15) is 0 Å². The molecule has 0 atom stereocenters. The lowest BCUT2D eigenvalue weighted by atomic mass is 9.94. The number of nitrogens with one attached hydrogen (secondary N) is 1. The Balaban J connectivity index is 1.38. The summed E-state index contributed by atoms with van der Waals surface area (Å²) in [6.07, 6.45) is 1.64. The highest BCUT2D eigenvalue weighted by molar-refractivity contribution is 6.01. The van der Waals surface area contributed by atoms with Crippen molar-refractivity contribution in [3.63, 3.8) is 0 Å². The summed E-state index contributed by atoms with van der Waals surface area (Å²) in [4.78, 5) is 13.0. The molecule has 26 heavy (non-hydrogen) atoms. The van der Waals surface area contributed by atoms with E-state index in [-0.39, 0.29) is 5.91 Å².